The predicted molar refractivity (Wildman–Crippen MR) is 59.6 cm³/mol. The van der Waals surface area contributed by atoms with E-state index >= 15 is 0 Å². The van der Waals surface area contributed by atoms with Gasteiger partial charge in [-0.25, -0.2) is 0 Å². The van der Waals surface area contributed by atoms with E-state index in [-0.39, 0.29) is 6.42 Å². The lowest BCUT2D eigenvalue weighted by Crippen LogP contribution is -1.92. The van der Waals surface area contributed by atoms with Crippen LogP contribution in [0.1, 0.15) is 25.7 Å². The average Bonchev–Trinajstić information content (AvgIpc) is 2.20. The Labute approximate surface area is 89.8 Å². The monoisotopic (exact) mass is 208 g/mol. The molecule has 15 heavy (non-hydrogen) atoms. The van der Waals surface area contributed by atoms with Crippen LogP contribution < -0.4 is 0 Å². The van der Waals surface area contributed by atoms with Crippen molar-refractivity contribution in [3.63, 3.8) is 0 Å². The number of hydrogen-bond donors (Lipinski definition) is 1. The summed E-state index contributed by atoms with van der Waals surface area (Å²) < 4.78 is 0. The fraction of sp³-hybridized carbons (Fsp3) is 0.333. The number of carboxylic acids is 1. The summed E-state index contributed by atoms with van der Waals surface area (Å²) in [6, 6.07) is 0. The lowest BCUT2D eigenvalue weighted by molar-refractivity contribution is -0.137. The molecule has 0 heterocycles. The van der Waals surface area contributed by atoms with E-state index in [9.17, 15) is 9.59 Å². The van der Waals surface area contributed by atoms with Crippen molar-refractivity contribution in [1.29, 1.82) is 0 Å². The van der Waals surface area contributed by atoms with Crippen molar-refractivity contribution >= 4 is 12.3 Å². The summed E-state index contributed by atoms with van der Waals surface area (Å²) in [7, 11) is 0. The number of aliphatic carboxylic acids is 1. The molecule has 0 aliphatic carbocycles. The number of hydrogen-bond acceptors (Lipinski definition) is 2. The number of carboxylic acid groups (broad SMARTS) is 1. The first kappa shape index (κ1) is 13.4. The molecule has 0 aromatic heterocycles. The molecule has 0 aliphatic rings. The normalized spacial score (nSPS) is 11.7. The van der Waals surface area contributed by atoms with E-state index in [0.717, 1.165) is 19.1 Å². The number of carbonyl (C=O) groups is 2. The van der Waals surface area contributed by atoms with Crippen LogP contribution in [0.4, 0.5) is 0 Å². The molecule has 0 aromatic carbocycles. The molecule has 3 nitrogen and oxygen atoms in total. The van der Waals surface area contributed by atoms with E-state index in [4.69, 9.17) is 5.11 Å². The average molecular weight is 208 g/mol. The molecule has 0 unspecified atom stereocenters. The Morgan fingerprint density at radius 2 is 1.87 bits per heavy atom. The molecule has 0 aliphatic heterocycles. The second kappa shape index (κ2) is 10.4. The number of aldehydes is 1. The van der Waals surface area contributed by atoms with Crippen LogP contribution in [0.15, 0.2) is 36.5 Å². The summed E-state index contributed by atoms with van der Waals surface area (Å²) >= 11 is 0. The Hall–Kier alpha value is -1.64. The van der Waals surface area contributed by atoms with Gasteiger partial charge in [-0.1, -0.05) is 30.4 Å². The van der Waals surface area contributed by atoms with Gasteiger partial charge in [0.05, 0.1) is 0 Å². The first-order chi connectivity index (χ1) is 7.27. The van der Waals surface area contributed by atoms with Gasteiger partial charge in [0, 0.05) is 6.42 Å². The molecular formula is C12H16O3. The van der Waals surface area contributed by atoms with Gasteiger partial charge in [0.2, 0.25) is 0 Å². The Morgan fingerprint density at radius 3 is 2.53 bits per heavy atom. The molecule has 0 saturated heterocycles. The van der Waals surface area contributed by atoms with Gasteiger partial charge < -0.3 is 5.11 Å². The van der Waals surface area contributed by atoms with E-state index in [0.29, 0.717) is 6.42 Å². The van der Waals surface area contributed by atoms with Gasteiger partial charge in [-0.05, 0) is 25.3 Å². The van der Waals surface area contributed by atoms with Gasteiger partial charge in [0.25, 0.3) is 0 Å². The van der Waals surface area contributed by atoms with Crippen LogP contribution in [0.2, 0.25) is 0 Å². The van der Waals surface area contributed by atoms with Gasteiger partial charge in [-0.3, -0.25) is 9.59 Å². The van der Waals surface area contributed by atoms with Gasteiger partial charge in [0.15, 0.2) is 0 Å². The van der Waals surface area contributed by atoms with Crippen molar-refractivity contribution in [3.8, 4) is 0 Å². The van der Waals surface area contributed by atoms with Crippen molar-refractivity contribution in [1.82, 2.24) is 0 Å². The highest BCUT2D eigenvalue weighted by molar-refractivity contribution is 5.66. The zero-order chi connectivity index (χ0) is 11.4. The fourth-order valence-electron chi connectivity index (χ4n) is 0.930. The van der Waals surface area contributed by atoms with Crippen LogP contribution in [0.25, 0.3) is 0 Å². The van der Waals surface area contributed by atoms with Crippen LogP contribution in [0.3, 0.4) is 0 Å². The quantitative estimate of drug-likeness (QED) is 0.219. The van der Waals surface area contributed by atoms with Gasteiger partial charge in [0.1, 0.15) is 6.29 Å². The smallest absolute Gasteiger partial charge is 0.303 e. The molecule has 0 radical (unpaired) electrons. The minimum atomic E-state index is -0.748. The molecule has 0 rings (SSSR count). The van der Waals surface area contributed by atoms with Gasteiger partial charge >= 0.3 is 5.97 Å². The molecule has 0 bridgehead atoms. The molecule has 0 spiro atoms. The maximum atomic E-state index is 10.2. The van der Waals surface area contributed by atoms with E-state index in [1.807, 2.05) is 18.2 Å². The first-order valence-corrected chi connectivity index (χ1v) is 4.91. The number of unbranched alkanes of at least 4 members (excludes halogenated alkanes) is 1. The topological polar surface area (TPSA) is 54.4 Å². The predicted octanol–water partition coefficient (Wildman–Crippen LogP) is 2.50. The SMILES string of the molecule is O=C/C=C/C=C\C/C=C\CCCC(=O)O. The van der Waals surface area contributed by atoms with Crippen molar-refractivity contribution in [3.05, 3.63) is 36.5 Å². The van der Waals surface area contributed by atoms with Crippen molar-refractivity contribution in [2.24, 2.45) is 0 Å². The molecule has 0 amide bonds. The molecule has 1 N–H and O–H groups in total. The molecule has 0 atom stereocenters. The third kappa shape index (κ3) is 12.4. The summed E-state index contributed by atoms with van der Waals surface area (Å²) in [5, 5.41) is 8.37. The van der Waals surface area contributed by atoms with Crippen molar-refractivity contribution in [2.45, 2.75) is 25.7 Å². The Bertz CT molecular complexity index is 262. The van der Waals surface area contributed by atoms with E-state index in [2.05, 4.69) is 0 Å². The van der Waals surface area contributed by atoms with Crippen molar-refractivity contribution in [2.75, 3.05) is 0 Å². The standard InChI is InChI=1S/C12H16O3/c13-11-9-7-5-3-1-2-4-6-8-10-12(14)15/h2-5,7,9,11H,1,6,8,10H2,(H,14,15)/b4-2-,5-3-,9-7+. The zero-order valence-electron chi connectivity index (χ0n) is 8.63. The molecule has 82 valence electrons. The Balaban J connectivity index is 3.38. The maximum Gasteiger partial charge on any atom is 0.303 e. The second-order valence-electron chi connectivity index (χ2n) is 2.94. The molecular weight excluding hydrogens is 192 g/mol. The van der Waals surface area contributed by atoms with Crippen LogP contribution in [-0.4, -0.2) is 17.4 Å². The second-order valence-corrected chi connectivity index (χ2v) is 2.94. The highest BCUT2D eigenvalue weighted by Gasteiger charge is 1.92. The van der Waals surface area contributed by atoms with Crippen LogP contribution in [0, 0.1) is 0 Å². The molecule has 3 heteroatoms. The lowest BCUT2D eigenvalue weighted by atomic mass is 10.2. The third-order valence-corrected chi connectivity index (χ3v) is 1.64. The van der Waals surface area contributed by atoms with Crippen LogP contribution in [-0.2, 0) is 9.59 Å². The third-order valence-electron chi connectivity index (χ3n) is 1.64. The summed E-state index contributed by atoms with van der Waals surface area (Å²) in [6.07, 6.45) is 14.0. The summed E-state index contributed by atoms with van der Waals surface area (Å²) in [5.74, 6) is -0.748. The van der Waals surface area contributed by atoms with Crippen LogP contribution >= 0.6 is 0 Å². The highest BCUT2D eigenvalue weighted by Crippen LogP contribution is 1.97. The Kier molecular flexibility index (Phi) is 9.30. The summed E-state index contributed by atoms with van der Waals surface area (Å²) in [5.41, 5.74) is 0. The van der Waals surface area contributed by atoms with E-state index in [1.54, 1.807) is 12.2 Å². The molecule has 0 fully saturated rings. The van der Waals surface area contributed by atoms with Gasteiger partial charge in [-0.2, -0.15) is 0 Å². The lowest BCUT2D eigenvalue weighted by Gasteiger charge is -1.89. The Morgan fingerprint density at radius 1 is 1.07 bits per heavy atom. The summed E-state index contributed by atoms with van der Waals surface area (Å²) in [6.45, 7) is 0. The number of allylic oxidation sites excluding steroid dienone is 6. The van der Waals surface area contributed by atoms with Gasteiger partial charge in [-0.15, -0.1) is 0 Å². The zero-order valence-corrected chi connectivity index (χ0v) is 8.63. The highest BCUT2D eigenvalue weighted by atomic mass is 16.4. The minimum Gasteiger partial charge on any atom is -0.481 e. The maximum absolute atomic E-state index is 10.2. The van der Waals surface area contributed by atoms with Crippen molar-refractivity contribution < 1.29 is 14.7 Å². The molecule has 0 aromatic rings. The largest absolute Gasteiger partial charge is 0.481 e. The number of rotatable bonds is 8. The summed E-state index contributed by atoms with van der Waals surface area (Å²) in [4.78, 5) is 20.0. The van der Waals surface area contributed by atoms with E-state index in [1.165, 1.54) is 6.08 Å². The fourth-order valence-corrected chi connectivity index (χ4v) is 0.930. The van der Waals surface area contributed by atoms with E-state index < -0.39 is 5.97 Å². The van der Waals surface area contributed by atoms with Crippen LogP contribution in [0.5, 0.6) is 0 Å². The molecule has 0 saturated carbocycles. The first-order valence-electron chi connectivity index (χ1n) is 4.91. The number of carbonyl (C=O) groups excluding carboxylic acids is 1. The minimum absolute atomic E-state index is 0.224.